The van der Waals surface area contributed by atoms with Gasteiger partial charge in [-0.25, -0.2) is 4.79 Å². The highest BCUT2D eigenvalue weighted by Crippen LogP contribution is 2.10. The molecule has 0 aromatic heterocycles. The summed E-state index contributed by atoms with van der Waals surface area (Å²) in [4.78, 5) is 13.8. The average molecular weight is 266 g/mol. The second-order valence-electron chi connectivity index (χ2n) is 4.27. The zero-order chi connectivity index (χ0) is 14.1. The van der Waals surface area contributed by atoms with Gasteiger partial charge in [0.25, 0.3) is 0 Å². The summed E-state index contributed by atoms with van der Waals surface area (Å²) in [5.74, 6) is 0. The molecule has 0 unspecified atom stereocenters. The quantitative estimate of drug-likeness (QED) is 0.822. The number of amides is 2. The van der Waals surface area contributed by atoms with Crippen molar-refractivity contribution in [2.75, 3.05) is 45.8 Å². The second-order valence-corrected chi connectivity index (χ2v) is 4.27. The van der Waals surface area contributed by atoms with E-state index in [1.165, 1.54) is 0 Å². The van der Waals surface area contributed by atoms with E-state index in [0.717, 1.165) is 11.3 Å². The summed E-state index contributed by atoms with van der Waals surface area (Å²) in [5, 5.41) is 2.88. The normalized spacial score (nSPS) is 10.3. The first-order valence-corrected chi connectivity index (χ1v) is 6.28. The molecule has 0 bridgehead atoms. The van der Waals surface area contributed by atoms with Gasteiger partial charge in [-0.3, -0.25) is 0 Å². The van der Waals surface area contributed by atoms with E-state index in [1.54, 1.807) is 19.1 Å². The molecule has 0 spiro atoms. The van der Waals surface area contributed by atoms with Crippen LogP contribution in [0.25, 0.3) is 0 Å². The van der Waals surface area contributed by atoms with Gasteiger partial charge in [-0.15, -0.1) is 0 Å². The van der Waals surface area contributed by atoms with Crippen molar-refractivity contribution in [3.63, 3.8) is 0 Å². The number of urea groups is 1. The van der Waals surface area contributed by atoms with E-state index in [4.69, 9.17) is 9.47 Å². The number of methoxy groups -OCH3 is 2. The lowest BCUT2D eigenvalue weighted by molar-refractivity contribution is 0.127. The van der Waals surface area contributed by atoms with Crippen molar-refractivity contribution in [2.45, 2.75) is 6.92 Å². The molecule has 1 aromatic carbocycles. The lowest BCUT2D eigenvalue weighted by Crippen LogP contribution is -2.39. The molecule has 106 valence electrons. The molecule has 5 nitrogen and oxygen atoms in total. The van der Waals surface area contributed by atoms with Crippen molar-refractivity contribution in [3.8, 4) is 0 Å². The predicted octanol–water partition coefficient (Wildman–Crippen LogP) is 2.12. The van der Waals surface area contributed by atoms with Crippen LogP contribution in [0.4, 0.5) is 10.5 Å². The van der Waals surface area contributed by atoms with Crippen LogP contribution in [-0.2, 0) is 9.47 Å². The third-order valence-electron chi connectivity index (χ3n) is 2.69. The molecule has 0 aliphatic heterocycles. The Kier molecular flexibility index (Phi) is 6.92. The molecular formula is C14H22N2O3. The van der Waals surface area contributed by atoms with E-state index in [2.05, 4.69) is 5.32 Å². The van der Waals surface area contributed by atoms with Crippen LogP contribution in [0.15, 0.2) is 24.3 Å². The summed E-state index contributed by atoms with van der Waals surface area (Å²) in [6.07, 6.45) is 0. The van der Waals surface area contributed by atoms with Crippen molar-refractivity contribution >= 4 is 11.7 Å². The van der Waals surface area contributed by atoms with E-state index >= 15 is 0 Å². The molecule has 19 heavy (non-hydrogen) atoms. The summed E-state index contributed by atoms with van der Waals surface area (Å²) < 4.78 is 10.0. The van der Waals surface area contributed by atoms with Crippen molar-refractivity contribution in [3.05, 3.63) is 29.8 Å². The van der Waals surface area contributed by atoms with Gasteiger partial charge in [0.15, 0.2) is 0 Å². The summed E-state index contributed by atoms with van der Waals surface area (Å²) in [6.45, 7) is 4.08. The van der Waals surface area contributed by atoms with Crippen LogP contribution in [0, 0.1) is 6.92 Å². The topological polar surface area (TPSA) is 50.8 Å². The Morgan fingerprint density at radius 3 is 2.37 bits per heavy atom. The summed E-state index contributed by atoms with van der Waals surface area (Å²) in [6, 6.07) is 7.57. The molecule has 0 saturated carbocycles. The minimum absolute atomic E-state index is 0.139. The molecule has 2 amide bonds. The number of rotatable bonds is 7. The minimum Gasteiger partial charge on any atom is -0.383 e. The zero-order valence-corrected chi connectivity index (χ0v) is 11.8. The average Bonchev–Trinajstić information content (AvgIpc) is 2.38. The van der Waals surface area contributed by atoms with Crippen molar-refractivity contribution in [1.82, 2.24) is 4.90 Å². The molecule has 0 radical (unpaired) electrons. The molecule has 0 heterocycles. The van der Waals surface area contributed by atoms with Crippen molar-refractivity contribution < 1.29 is 14.3 Å². The van der Waals surface area contributed by atoms with Crippen molar-refractivity contribution in [2.24, 2.45) is 0 Å². The standard InChI is InChI=1S/C14H22N2O3/c1-12-5-4-6-13(11-12)15-14(17)16(7-9-18-2)8-10-19-3/h4-6,11H,7-10H2,1-3H3,(H,15,17). The molecule has 0 atom stereocenters. The maximum Gasteiger partial charge on any atom is 0.321 e. The first kappa shape index (κ1) is 15.5. The highest BCUT2D eigenvalue weighted by atomic mass is 16.5. The molecule has 0 fully saturated rings. The smallest absolute Gasteiger partial charge is 0.321 e. The number of nitrogens with zero attached hydrogens (tertiary/aromatic N) is 1. The van der Waals surface area contributed by atoms with Gasteiger partial charge in [-0.1, -0.05) is 12.1 Å². The minimum atomic E-state index is -0.139. The monoisotopic (exact) mass is 266 g/mol. The van der Waals surface area contributed by atoms with Gasteiger partial charge < -0.3 is 19.7 Å². The van der Waals surface area contributed by atoms with Crippen molar-refractivity contribution in [1.29, 1.82) is 0 Å². The predicted molar refractivity (Wildman–Crippen MR) is 75.5 cm³/mol. The molecule has 1 rings (SSSR count). The van der Waals surface area contributed by atoms with Gasteiger partial charge in [0, 0.05) is 33.0 Å². The van der Waals surface area contributed by atoms with Gasteiger partial charge in [-0.2, -0.15) is 0 Å². The lowest BCUT2D eigenvalue weighted by Gasteiger charge is -2.22. The van der Waals surface area contributed by atoms with E-state index < -0.39 is 0 Å². The molecule has 0 aliphatic rings. The number of hydrogen-bond acceptors (Lipinski definition) is 3. The first-order chi connectivity index (χ1) is 9.17. The molecular weight excluding hydrogens is 244 g/mol. The van der Waals surface area contributed by atoms with Crippen LogP contribution >= 0.6 is 0 Å². The van der Waals surface area contributed by atoms with Gasteiger partial charge in [0.05, 0.1) is 13.2 Å². The number of nitrogens with one attached hydrogen (secondary N) is 1. The van der Waals surface area contributed by atoms with Crippen LogP contribution in [0.1, 0.15) is 5.56 Å². The first-order valence-electron chi connectivity index (χ1n) is 6.28. The van der Waals surface area contributed by atoms with E-state index in [-0.39, 0.29) is 6.03 Å². The van der Waals surface area contributed by atoms with E-state index in [0.29, 0.717) is 26.3 Å². The van der Waals surface area contributed by atoms with E-state index in [9.17, 15) is 4.79 Å². The van der Waals surface area contributed by atoms with Gasteiger partial charge in [0.2, 0.25) is 0 Å². The molecule has 1 aromatic rings. The Labute approximate surface area is 114 Å². The highest BCUT2D eigenvalue weighted by Gasteiger charge is 2.12. The summed E-state index contributed by atoms with van der Waals surface area (Å²) >= 11 is 0. The fourth-order valence-corrected chi connectivity index (χ4v) is 1.64. The van der Waals surface area contributed by atoms with Crippen LogP contribution in [0.5, 0.6) is 0 Å². The fourth-order valence-electron chi connectivity index (χ4n) is 1.64. The Morgan fingerprint density at radius 1 is 1.21 bits per heavy atom. The number of carbonyl (C=O) groups is 1. The molecule has 5 heteroatoms. The Hall–Kier alpha value is -1.59. The lowest BCUT2D eigenvalue weighted by atomic mass is 10.2. The highest BCUT2D eigenvalue weighted by molar-refractivity contribution is 5.89. The summed E-state index contributed by atoms with van der Waals surface area (Å²) in [5.41, 5.74) is 1.91. The van der Waals surface area contributed by atoms with Crippen LogP contribution in [-0.4, -0.2) is 51.5 Å². The maximum atomic E-state index is 12.1. The Balaban J connectivity index is 2.59. The number of ether oxygens (including phenoxy) is 2. The molecule has 0 saturated heterocycles. The fraction of sp³-hybridized carbons (Fsp3) is 0.500. The third kappa shape index (κ3) is 5.72. The van der Waals surface area contributed by atoms with Gasteiger partial charge in [0.1, 0.15) is 0 Å². The number of anilines is 1. The number of hydrogen-bond donors (Lipinski definition) is 1. The van der Waals surface area contributed by atoms with Crippen LogP contribution < -0.4 is 5.32 Å². The molecule has 1 N–H and O–H groups in total. The zero-order valence-electron chi connectivity index (χ0n) is 11.8. The summed E-state index contributed by atoms with van der Waals surface area (Å²) in [7, 11) is 3.24. The van der Waals surface area contributed by atoms with Gasteiger partial charge >= 0.3 is 6.03 Å². The Morgan fingerprint density at radius 2 is 1.84 bits per heavy atom. The van der Waals surface area contributed by atoms with Gasteiger partial charge in [-0.05, 0) is 24.6 Å². The van der Waals surface area contributed by atoms with Crippen LogP contribution in [0.3, 0.4) is 0 Å². The van der Waals surface area contributed by atoms with E-state index in [1.807, 2.05) is 31.2 Å². The second kappa shape index (κ2) is 8.50. The number of aryl methyl sites for hydroxylation is 1. The number of carbonyl (C=O) groups excluding carboxylic acids is 1. The SMILES string of the molecule is COCCN(CCOC)C(=O)Nc1cccc(C)c1. The maximum absolute atomic E-state index is 12.1. The third-order valence-corrected chi connectivity index (χ3v) is 2.69. The largest absolute Gasteiger partial charge is 0.383 e. The van der Waals surface area contributed by atoms with Crippen LogP contribution in [0.2, 0.25) is 0 Å². The Bertz CT molecular complexity index is 388. The number of benzene rings is 1. The molecule has 0 aliphatic carbocycles.